The highest BCUT2D eigenvalue weighted by Gasteiger charge is 1.91. The van der Waals surface area contributed by atoms with E-state index in [-0.39, 0.29) is 35.5 Å². The van der Waals surface area contributed by atoms with Crippen LogP contribution < -0.4 is 11.5 Å². The van der Waals surface area contributed by atoms with Crippen molar-refractivity contribution in [3.8, 4) is 0 Å². The predicted octanol–water partition coefficient (Wildman–Crippen LogP) is 0.921. The van der Waals surface area contributed by atoms with Gasteiger partial charge in [0.25, 0.3) is 0 Å². The van der Waals surface area contributed by atoms with Crippen LogP contribution in [0.2, 0.25) is 0 Å². The van der Waals surface area contributed by atoms with Crippen molar-refractivity contribution in [2.45, 2.75) is 13.3 Å². The molecule has 0 heterocycles. The Balaban J connectivity index is 3.25. The van der Waals surface area contributed by atoms with Gasteiger partial charge in [0.1, 0.15) is 0 Å². The van der Waals surface area contributed by atoms with Crippen molar-refractivity contribution in [1.82, 2.24) is 0 Å². The number of aliphatic imine (C=N–C) groups is 2. The zero-order chi connectivity index (χ0) is 16.4. The van der Waals surface area contributed by atoms with Crippen LogP contribution in [0.25, 0.3) is 0 Å². The molecule has 15 heavy (non-hydrogen) atoms. The smallest absolute Gasteiger partial charge is 0.216 e. The van der Waals surface area contributed by atoms with Gasteiger partial charge in [0.2, 0.25) is 5.96 Å². The fraction of sp³-hybridized carbons (Fsp3) is 0.273. The first kappa shape index (κ1) is 5.30. The van der Waals surface area contributed by atoms with E-state index in [9.17, 15) is 0 Å². The summed E-state index contributed by atoms with van der Waals surface area (Å²) in [6, 6.07) is 1.43. The lowest BCUT2D eigenvalue weighted by Crippen LogP contribution is -2.16. The molecule has 0 spiro atoms. The van der Waals surface area contributed by atoms with Crippen LogP contribution in [-0.4, -0.2) is 18.3 Å². The van der Waals surface area contributed by atoms with Gasteiger partial charge in [0.15, 0.2) is 0 Å². The lowest BCUT2D eigenvalue weighted by atomic mass is 10.2. The monoisotopic (exact) mass is 210 g/mol. The van der Waals surface area contributed by atoms with Crippen molar-refractivity contribution in [1.29, 1.82) is 0 Å². The second-order valence-corrected chi connectivity index (χ2v) is 2.65. The Morgan fingerprint density at radius 1 is 1.53 bits per heavy atom. The molecule has 4 heteroatoms. The second-order valence-electron chi connectivity index (χ2n) is 2.65. The quantitative estimate of drug-likeness (QED) is 0.575. The second kappa shape index (κ2) is 5.80. The van der Waals surface area contributed by atoms with Crippen LogP contribution in [0.4, 0.5) is 0 Å². The predicted molar refractivity (Wildman–Crippen MR) is 63.9 cm³/mol. The van der Waals surface area contributed by atoms with E-state index in [4.69, 9.17) is 19.7 Å². The molecular formula is C11H16N4. The number of rotatable bonds is 3. The van der Waals surface area contributed by atoms with Gasteiger partial charge >= 0.3 is 0 Å². The maximum atomic E-state index is 7.93. The highest BCUT2D eigenvalue weighted by Crippen LogP contribution is 1.99. The molecule has 4 N–H and O–H groups in total. The molecule has 1 aromatic carbocycles. The Morgan fingerprint density at radius 2 is 2.33 bits per heavy atom. The molecule has 0 fully saturated rings. The largest absolute Gasteiger partial charge is 0.387 e. The normalized spacial score (nSPS) is 21.7. The Hall–Kier alpha value is -1.84. The Morgan fingerprint density at radius 3 is 3.07 bits per heavy atom. The van der Waals surface area contributed by atoms with Crippen LogP contribution >= 0.6 is 0 Å². The van der Waals surface area contributed by atoms with Gasteiger partial charge in [-0.1, -0.05) is 30.3 Å². The molecule has 0 bridgehead atoms. The van der Waals surface area contributed by atoms with Crippen LogP contribution in [0.1, 0.15) is 20.7 Å². The minimum atomic E-state index is -2.40. The van der Waals surface area contributed by atoms with E-state index in [1.54, 1.807) is 0 Å². The van der Waals surface area contributed by atoms with Crippen molar-refractivity contribution in [2.24, 2.45) is 21.5 Å². The third-order valence-electron chi connectivity index (χ3n) is 1.30. The fourth-order valence-electron chi connectivity index (χ4n) is 0.772. The lowest BCUT2D eigenvalue weighted by molar-refractivity contribution is 0.962. The molecule has 80 valence electrons. The first-order valence-corrected chi connectivity index (χ1v) is 4.20. The molecule has 0 aliphatic rings. The minimum absolute atomic E-state index is 0.116. The number of amidine groups is 1. The number of hydrogen-bond acceptors (Lipinski definition) is 1. The summed E-state index contributed by atoms with van der Waals surface area (Å²) in [7, 11) is 0. The summed E-state index contributed by atoms with van der Waals surface area (Å²) in [4.78, 5) is 7.18. The maximum Gasteiger partial charge on any atom is 0.216 e. The summed E-state index contributed by atoms with van der Waals surface area (Å²) in [5.74, 6) is -0.231. The molecular weight excluding hydrogens is 188 g/mol. The van der Waals surface area contributed by atoms with Gasteiger partial charge in [-0.2, -0.15) is 0 Å². The maximum absolute atomic E-state index is 7.93. The highest BCUT2D eigenvalue weighted by atomic mass is 15.1. The molecule has 1 unspecified atom stereocenters. The molecule has 1 aromatic rings. The van der Waals surface area contributed by atoms with Gasteiger partial charge in [-0.3, -0.25) is 4.99 Å². The summed E-state index contributed by atoms with van der Waals surface area (Å²) in [5.41, 5.74) is 10.5. The molecule has 0 saturated carbocycles. The molecule has 0 aliphatic carbocycles. The zero-order valence-electron chi connectivity index (χ0n) is 14.3. The van der Waals surface area contributed by atoms with E-state index < -0.39 is 12.9 Å². The first-order chi connectivity index (χ1) is 9.55. The molecule has 0 amide bonds. The molecule has 0 aliphatic heterocycles. The third kappa shape index (κ3) is 4.81. The van der Waals surface area contributed by atoms with E-state index in [2.05, 4.69) is 9.98 Å². The van der Waals surface area contributed by atoms with Gasteiger partial charge in [-0.05, 0) is 18.9 Å². The average Bonchev–Trinajstić information content (AvgIpc) is 2.32. The van der Waals surface area contributed by atoms with E-state index in [1.165, 1.54) is 6.92 Å². The summed E-state index contributed by atoms with van der Waals surface area (Å²) in [6.07, 6.45) is -2.40. The average molecular weight is 210 g/mol. The van der Waals surface area contributed by atoms with Crippen molar-refractivity contribution < 1.29 is 8.22 Å². The van der Waals surface area contributed by atoms with Crippen molar-refractivity contribution in [2.75, 3.05) is 6.52 Å². The topological polar surface area (TPSA) is 76.8 Å². The van der Waals surface area contributed by atoms with Gasteiger partial charge in [-0.25, -0.2) is 4.99 Å². The van der Waals surface area contributed by atoms with E-state index >= 15 is 0 Å². The Labute approximate surface area is 98.2 Å². The van der Waals surface area contributed by atoms with Crippen molar-refractivity contribution in [3.05, 3.63) is 35.8 Å². The molecule has 4 nitrogen and oxygen atoms in total. The SMILES string of the molecule is [2H]c1cc([2H])c([2H])c(C([2H])([2H])C([2H])N=C(N)N=C(C)N)c1. The Kier molecular flexibility index (Phi) is 2.05. The van der Waals surface area contributed by atoms with Crippen LogP contribution in [-0.2, 0) is 6.37 Å². The molecule has 1 atom stereocenters. The fourth-order valence-corrected chi connectivity index (χ4v) is 0.772. The lowest BCUT2D eigenvalue weighted by Gasteiger charge is -1.97. The van der Waals surface area contributed by atoms with Crippen LogP contribution in [0, 0.1) is 0 Å². The third-order valence-corrected chi connectivity index (χ3v) is 1.30. The van der Waals surface area contributed by atoms with Crippen LogP contribution in [0.5, 0.6) is 0 Å². The first-order valence-electron chi connectivity index (χ1n) is 7.28. The van der Waals surface area contributed by atoms with Gasteiger partial charge in [-0.15, -0.1) is 0 Å². The highest BCUT2D eigenvalue weighted by molar-refractivity contribution is 5.93. The number of nitrogens with two attached hydrogens (primary N) is 2. The van der Waals surface area contributed by atoms with E-state index in [0.29, 0.717) is 0 Å². The molecule has 1 rings (SSSR count). The Bertz CT molecular complexity index is 595. The molecule has 0 saturated heterocycles. The van der Waals surface area contributed by atoms with Crippen LogP contribution in [0.3, 0.4) is 0 Å². The number of nitrogens with zero attached hydrogens (tertiary/aromatic N) is 2. The van der Waals surface area contributed by atoms with Crippen molar-refractivity contribution in [3.63, 3.8) is 0 Å². The summed E-state index contributed by atoms with van der Waals surface area (Å²) >= 11 is 0. The summed E-state index contributed by atoms with van der Waals surface area (Å²) < 4.78 is 46.4. The van der Waals surface area contributed by atoms with E-state index in [0.717, 1.165) is 12.1 Å². The van der Waals surface area contributed by atoms with Crippen molar-refractivity contribution >= 4 is 11.8 Å². The van der Waals surface area contributed by atoms with Gasteiger partial charge in [0, 0.05) is 9.26 Å². The summed E-state index contributed by atoms with van der Waals surface area (Å²) in [5, 5.41) is 0. The van der Waals surface area contributed by atoms with Crippen LogP contribution in [0.15, 0.2) is 40.2 Å². The number of guanidine groups is 1. The van der Waals surface area contributed by atoms with Gasteiger partial charge < -0.3 is 11.5 Å². The zero-order valence-corrected chi connectivity index (χ0v) is 8.28. The van der Waals surface area contributed by atoms with Gasteiger partial charge in [0.05, 0.1) is 11.3 Å². The summed E-state index contributed by atoms with van der Waals surface area (Å²) in [6.45, 7) is -0.237. The number of aryl methyl sites for hydroxylation is 1. The standard InChI is InChI=1S/C11H16N4/c1-9(12)15-11(13)14-8-7-10-5-3-2-4-6-10/h2-6H,7-8H2,1H3,(H4,12,13,14,15)/i3D,4D,5D,7D2,8D. The molecule has 0 radical (unpaired) electrons. The number of hydrogen-bond donors (Lipinski definition) is 2. The minimum Gasteiger partial charge on any atom is -0.387 e. The molecule has 0 aromatic heterocycles. The van der Waals surface area contributed by atoms with E-state index in [1.807, 2.05) is 0 Å². The number of benzene rings is 1.